The molecule has 9 heteroatoms. The normalized spacial score (nSPS) is 14.5. The standard InChI is InChI=1S/C26H20BrIN2O4S/c1-16-3-2-4-21(11-16)29-24(31)15-34-22-10-7-19(27)12-18(22)13-23-25(32)30(26(33)35-23)14-17-5-8-20(28)9-6-17/h2-13H,14-15H2,1H3,(H,29,31)/b23-13-. The van der Waals surface area contributed by atoms with Crippen molar-refractivity contribution >= 4 is 79.1 Å². The second-order valence-electron chi connectivity index (χ2n) is 7.78. The van der Waals surface area contributed by atoms with Crippen LogP contribution in [0.2, 0.25) is 0 Å². The number of hydrogen-bond acceptors (Lipinski definition) is 5. The topological polar surface area (TPSA) is 75.7 Å². The highest BCUT2D eigenvalue weighted by Gasteiger charge is 2.35. The van der Waals surface area contributed by atoms with Gasteiger partial charge in [0, 0.05) is 19.3 Å². The molecule has 1 aliphatic rings. The summed E-state index contributed by atoms with van der Waals surface area (Å²) in [5.41, 5.74) is 3.19. The minimum atomic E-state index is -0.360. The van der Waals surface area contributed by atoms with Crippen LogP contribution in [0.1, 0.15) is 16.7 Å². The highest BCUT2D eigenvalue weighted by molar-refractivity contribution is 14.1. The van der Waals surface area contributed by atoms with E-state index in [9.17, 15) is 14.4 Å². The van der Waals surface area contributed by atoms with Crippen LogP contribution in [0.15, 0.2) is 76.1 Å². The average Bonchev–Trinajstić information content (AvgIpc) is 3.07. The molecule has 1 fully saturated rings. The van der Waals surface area contributed by atoms with Crippen LogP contribution in [0.4, 0.5) is 10.5 Å². The summed E-state index contributed by atoms with van der Waals surface area (Å²) in [4.78, 5) is 39.4. The van der Waals surface area contributed by atoms with Crippen LogP contribution < -0.4 is 10.1 Å². The molecule has 0 atom stereocenters. The van der Waals surface area contributed by atoms with E-state index >= 15 is 0 Å². The third-order valence-corrected chi connectivity index (χ3v) is 7.17. The van der Waals surface area contributed by atoms with Gasteiger partial charge in [-0.05, 0) is 101 Å². The first kappa shape index (κ1) is 25.5. The maximum atomic E-state index is 13.0. The van der Waals surface area contributed by atoms with Crippen molar-refractivity contribution in [3.8, 4) is 5.75 Å². The van der Waals surface area contributed by atoms with E-state index in [2.05, 4.69) is 43.8 Å². The molecule has 178 valence electrons. The Bertz CT molecular complexity index is 1330. The molecule has 1 N–H and O–H groups in total. The van der Waals surface area contributed by atoms with Gasteiger partial charge in [0.1, 0.15) is 5.75 Å². The Morgan fingerprint density at radius 2 is 1.89 bits per heavy atom. The van der Waals surface area contributed by atoms with Gasteiger partial charge in [-0.25, -0.2) is 0 Å². The fourth-order valence-electron chi connectivity index (χ4n) is 3.38. The molecule has 0 aliphatic carbocycles. The maximum Gasteiger partial charge on any atom is 0.293 e. The molecule has 3 aromatic rings. The highest BCUT2D eigenvalue weighted by atomic mass is 127. The molecule has 35 heavy (non-hydrogen) atoms. The molecule has 6 nitrogen and oxygen atoms in total. The van der Waals surface area contributed by atoms with Crippen molar-refractivity contribution in [2.75, 3.05) is 11.9 Å². The Kier molecular flexibility index (Phi) is 8.30. The van der Waals surface area contributed by atoms with Crippen molar-refractivity contribution in [1.29, 1.82) is 0 Å². The number of rotatable bonds is 7. The van der Waals surface area contributed by atoms with Crippen molar-refractivity contribution in [2.24, 2.45) is 0 Å². The Hall–Kier alpha value is -2.63. The van der Waals surface area contributed by atoms with Crippen LogP contribution in [0, 0.1) is 10.5 Å². The van der Waals surface area contributed by atoms with E-state index in [1.54, 1.807) is 24.3 Å². The summed E-state index contributed by atoms with van der Waals surface area (Å²) < 4.78 is 7.62. The first-order chi connectivity index (χ1) is 16.8. The number of amides is 3. The second kappa shape index (κ2) is 11.4. The molecular weight excluding hydrogens is 643 g/mol. The molecule has 1 saturated heterocycles. The number of imide groups is 1. The largest absolute Gasteiger partial charge is 0.483 e. The van der Waals surface area contributed by atoms with Crippen LogP contribution >= 0.6 is 50.3 Å². The summed E-state index contributed by atoms with van der Waals surface area (Å²) in [6, 6.07) is 20.4. The van der Waals surface area contributed by atoms with Crippen molar-refractivity contribution in [2.45, 2.75) is 13.5 Å². The monoisotopic (exact) mass is 662 g/mol. The van der Waals surface area contributed by atoms with Gasteiger partial charge < -0.3 is 10.1 Å². The summed E-state index contributed by atoms with van der Waals surface area (Å²) in [6.45, 7) is 1.95. The average molecular weight is 663 g/mol. The molecule has 0 spiro atoms. The Balaban J connectivity index is 1.47. The third-order valence-electron chi connectivity index (χ3n) is 5.05. The molecule has 3 amide bonds. The lowest BCUT2D eigenvalue weighted by atomic mass is 10.1. The SMILES string of the molecule is Cc1cccc(NC(=O)COc2ccc(Br)cc2/C=C2\SC(=O)N(Cc3ccc(I)cc3)C2=O)c1. The fraction of sp³-hybridized carbons (Fsp3) is 0.115. The minimum Gasteiger partial charge on any atom is -0.483 e. The van der Waals surface area contributed by atoms with Crippen molar-refractivity contribution in [3.05, 3.63) is 96.4 Å². The van der Waals surface area contributed by atoms with Crippen LogP contribution in [0.5, 0.6) is 5.75 Å². The number of thioether (sulfide) groups is 1. The summed E-state index contributed by atoms with van der Waals surface area (Å²) in [5.74, 6) is -0.235. The highest BCUT2D eigenvalue weighted by Crippen LogP contribution is 2.35. The molecule has 0 radical (unpaired) electrons. The summed E-state index contributed by atoms with van der Waals surface area (Å²) in [5, 5.41) is 2.48. The third kappa shape index (κ3) is 6.74. The van der Waals surface area contributed by atoms with Crippen LogP contribution in [-0.4, -0.2) is 28.6 Å². The number of nitrogens with zero attached hydrogens (tertiary/aromatic N) is 1. The van der Waals surface area contributed by atoms with E-state index in [0.29, 0.717) is 21.9 Å². The summed E-state index contributed by atoms with van der Waals surface area (Å²) in [7, 11) is 0. The van der Waals surface area contributed by atoms with Gasteiger partial charge in [-0.2, -0.15) is 0 Å². The van der Waals surface area contributed by atoms with E-state index in [1.807, 2.05) is 55.5 Å². The predicted molar refractivity (Wildman–Crippen MR) is 150 cm³/mol. The number of anilines is 1. The van der Waals surface area contributed by atoms with Gasteiger partial charge in [0.2, 0.25) is 0 Å². The number of hydrogen-bond donors (Lipinski definition) is 1. The van der Waals surface area contributed by atoms with E-state index in [4.69, 9.17) is 4.74 Å². The summed E-state index contributed by atoms with van der Waals surface area (Å²) >= 11 is 6.53. The smallest absolute Gasteiger partial charge is 0.293 e. The lowest BCUT2D eigenvalue weighted by Crippen LogP contribution is -2.27. The minimum absolute atomic E-state index is 0.204. The Labute approximate surface area is 229 Å². The summed E-state index contributed by atoms with van der Waals surface area (Å²) in [6.07, 6.45) is 1.62. The first-order valence-corrected chi connectivity index (χ1v) is 13.3. The number of nitrogens with one attached hydrogen (secondary N) is 1. The van der Waals surface area contributed by atoms with Gasteiger partial charge >= 0.3 is 0 Å². The zero-order valence-corrected chi connectivity index (χ0v) is 23.1. The molecule has 1 heterocycles. The van der Waals surface area contributed by atoms with Crippen molar-refractivity contribution in [1.82, 2.24) is 4.90 Å². The predicted octanol–water partition coefficient (Wildman–Crippen LogP) is 6.62. The van der Waals surface area contributed by atoms with Gasteiger partial charge in [0.15, 0.2) is 6.61 Å². The van der Waals surface area contributed by atoms with E-state index < -0.39 is 0 Å². The van der Waals surface area contributed by atoms with Crippen molar-refractivity contribution in [3.63, 3.8) is 0 Å². The molecule has 3 aromatic carbocycles. The first-order valence-electron chi connectivity index (χ1n) is 10.6. The van der Waals surface area contributed by atoms with Crippen molar-refractivity contribution < 1.29 is 19.1 Å². The molecule has 4 rings (SSSR count). The lowest BCUT2D eigenvalue weighted by molar-refractivity contribution is -0.123. The van der Waals surface area contributed by atoms with Gasteiger partial charge in [-0.3, -0.25) is 19.3 Å². The number of ether oxygens (including phenoxy) is 1. The molecule has 1 aliphatic heterocycles. The molecule has 0 aromatic heterocycles. The zero-order valence-electron chi connectivity index (χ0n) is 18.6. The molecular formula is C26H20BrIN2O4S. The van der Waals surface area contributed by atoms with Gasteiger partial charge in [-0.15, -0.1) is 0 Å². The lowest BCUT2D eigenvalue weighted by Gasteiger charge is -2.13. The van der Waals surface area contributed by atoms with Crippen LogP contribution in [0.25, 0.3) is 6.08 Å². The van der Waals surface area contributed by atoms with Gasteiger partial charge in [0.05, 0.1) is 11.4 Å². The number of carbonyl (C=O) groups excluding carboxylic acids is 3. The van der Waals surface area contributed by atoms with Gasteiger partial charge in [-0.1, -0.05) is 40.2 Å². The van der Waals surface area contributed by atoms with E-state index in [0.717, 1.165) is 30.9 Å². The second-order valence-corrected chi connectivity index (χ2v) is 10.9. The van der Waals surface area contributed by atoms with Gasteiger partial charge in [0.25, 0.3) is 17.1 Å². The number of carbonyl (C=O) groups is 3. The molecule has 0 saturated carbocycles. The Morgan fingerprint density at radius 1 is 1.11 bits per heavy atom. The maximum absolute atomic E-state index is 13.0. The van der Waals surface area contributed by atoms with Crippen LogP contribution in [0.3, 0.4) is 0 Å². The quantitative estimate of drug-likeness (QED) is 0.228. The molecule has 0 unspecified atom stereocenters. The number of benzene rings is 3. The number of halogens is 2. The zero-order chi connectivity index (χ0) is 24.9. The van der Waals surface area contributed by atoms with Crippen LogP contribution in [-0.2, 0) is 16.1 Å². The number of aryl methyl sites for hydroxylation is 1. The Morgan fingerprint density at radius 3 is 2.63 bits per heavy atom. The molecule has 0 bridgehead atoms. The fourth-order valence-corrected chi connectivity index (χ4v) is 4.94. The van der Waals surface area contributed by atoms with E-state index in [-0.39, 0.29) is 30.2 Å². The van der Waals surface area contributed by atoms with E-state index in [1.165, 1.54) is 4.90 Å².